The summed E-state index contributed by atoms with van der Waals surface area (Å²) in [5, 5.41) is 0.591. The Morgan fingerprint density at radius 3 is 2.52 bits per heavy atom. The number of hydrogen-bond acceptors (Lipinski definition) is 5. The lowest BCUT2D eigenvalue weighted by atomic mass is 10.2. The Bertz CT molecular complexity index is 713. The average molecular weight is 364 g/mol. The number of thioether (sulfide) groups is 1. The lowest BCUT2D eigenvalue weighted by Crippen LogP contribution is -2.32. The smallest absolute Gasteiger partial charge is 0.266 e. The molecule has 9 heteroatoms. The van der Waals surface area contributed by atoms with Gasteiger partial charge in [-0.15, -0.1) is 0 Å². The van der Waals surface area contributed by atoms with Crippen LogP contribution in [0.1, 0.15) is 5.56 Å². The topological polar surface area (TPSA) is 74.7 Å². The fourth-order valence-electron chi connectivity index (χ4n) is 1.61. The molecule has 0 bridgehead atoms. The zero-order valence-corrected chi connectivity index (χ0v) is 13.7. The van der Waals surface area contributed by atoms with Crippen molar-refractivity contribution in [1.29, 1.82) is 0 Å². The first-order valence-electron chi connectivity index (χ1n) is 5.72. The van der Waals surface area contributed by atoms with Crippen LogP contribution in [0.2, 0.25) is 5.02 Å². The van der Waals surface area contributed by atoms with Gasteiger partial charge < -0.3 is 0 Å². The van der Waals surface area contributed by atoms with E-state index in [9.17, 15) is 13.2 Å². The van der Waals surface area contributed by atoms with Gasteiger partial charge in [0, 0.05) is 11.6 Å². The van der Waals surface area contributed by atoms with E-state index in [-0.39, 0.29) is 16.8 Å². The zero-order chi connectivity index (χ0) is 15.6. The van der Waals surface area contributed by atoms with E-state index >= 15 is 0 Å². The first kappa shape index (κ1) is 16.4. The third kappa shape index (κ3) is 4.52. The number of carbonyl (C=O) groups excluding carboxylic acids is 1. The summed E-state index contributed by atoms with van der Waals surface area (Å²) in [7, 11) is -4.14. The van der Waals surface area contributed by atoms with E-state index in [2.05, 4.69) is 0 Å². The van der Waals surface area contributed by atoms with Crippen LogP contribution in [0.3, 0.4) is 0 Å². The maximum Gasteiger partial charge on any atom is 0.266 e. The average Bonchev–Trinajstić information content (AvgIpc) is 2.64. The van der Waals surface area contributed by atoms with Gasteiger partial charge >= 0.3 is 0 Å². The molecule has 112 valence electrons. The molecule has 1 aliphatic rings. The predicted molar refractivity (Wildman–Crippen MR) is 87.7 cm³/mol. The third-order valence-electron chi connectivity index (χ3n) is 2.61. The highest BCUT2D eigenvalue weighted by Gasteiger charge is 2.32. The Morgan fingerprint density at radius 1 is 1.33 bits per heavy atom. The molecule has 0 atom stereocenters. The Balaban J connectivity index is 2.15. The Labute approximate surface area is 136 Å². The number of hydrogen-bond donors (Lipinski definition) is 1. The Hall–Kier alpha value is -0.930. The van der Waals surface area contributed by atoms with Crippen molar-refractivity contribution in [2.24, 2.45) is 0 Å². The molecule has 1 saturated heterocycles. The summed E-state index contributed by atoms with van der Waals surface area (Å²) >= 11 is 11.9. The molecule has 1 amide bonds. The molecule has 1 N–H and O–H groups in total. The van der Waals surface area contributed by atoms with Gasteiger partial charge in [0.25, 0.3) is 16.0 Å². The van der Waals surface area contributed by atoms with Gasteiger partial charge in [0.15, 0.2) is 0 Å². The number of nitrogens with zero attached hydrogens (tertiary/aromatic N) is 1. The molecule has 0 spiro atoms. The van der Waals surface area contributed by atoms with Crippen LogP contribution in [-0.4, -0.2) is 40.4 Å². The summed E-state index contributed by atoms with van der Waals surface area (Å²) in [5.74, 6) is -0.920. The molecule has 0 unspecified atom stereocenters. The summed E-state index contributed by atoms with van der Waals surface area (Å²) in [5.41, 5.74) is 0.787. The summed E-state index contributed by atoms with van der Waals surface area (Å²) in [6.45, 7) is -0.165. The minimum atomic E-state index is -4.14. The van der Waals surface area contributed by atoms with Gasteiger partial charge in [0.2, 0.25) is 0 Å². The number of amides is 1. The highest BCUT2D eigenvalue weighted by Crippen LogP contribution is 2.32. The maximum atomic E-state index is 12.2. The molecule has 1 aliphatic heterocycles. The zero-order valence-electron chi connectivity index (χ0n) is 10.5. The molecule has 5 nitrogen and oxygen atoms in total. The Morgan fingerprint density at radius 2 is 1.95 bits per heavy atom. The molecule has 1 aromatic rings. The SMILES string of the molecule is O=C1/C(=C/c2ccc(Cl)cc2)SC(=S)N1CCS(=O)(=O)O. The predicted octanol–water partition coefficient (Wildman–Crippen LogP) is 2.43. The second kappa shape index (κ2) is 6.45. The second-order valence-corrected chi connectivity index (χ2v) is 7.86. The fraction of sp³-hybridized carbons (Fsp3) is 0.167. The van der Waals surface area contributed by atoms with E-state index in [1.54, 1.807) is 30.3 Å². The molecule has 1 fully saturated rings. The lowest BCUT2D eigenvalue weighted by Gasteiger charge is -2.12. The number of thiocarbonyl (C=S) groups is 1. The first-order chi connectivity index (χ1) is 9.76. The van der Waals surface area contributed by atoms with E-state index in [1.807, 2.05) is 0 Å². The molecular weight excluding hydrogens is 354 g/mol. The van der Waals surface area contributed by atoms with Gasteiger partial charge in [0.1, 0.15) is 4.32 Å². The van der Waals surface area contributed by atoms with Crippen molar-refractivity contribution >= 4 is 62.0 Å². The van der Waals surface area contributed by atoms with Crippen LogP contribution < -0.4 is 0 Å². The summed E-state index contributed by atoms with van der Waals surface area (Å²) in [6, 6.07) is 6.92. The van der Waals surface area contributed by atoms with E-state index in [0.717, 1.165) is 22.2 Å². The normalized spacial score (nSPS) is 17.8. The molecule has 1 aromatic carbocycles. The molecular formula is C12H10ClNO4S3. The summed E-state index contributed by atoms with van der Waals surface area (Å²) in [6.07, 6.45) is 1.66. The first-order valence-corrected chi connectivity index (χ1v) is 8.93. The van der Waals surface area contributed by atoms with Crippen molar-refractivity contribution in [3.05, 3.63) is 39.8 Å². The van der Waals surface area contributed by atoms with E-state index in [4.69, 9.17) is 28.4 Å². The van der Waals surface area contributed by atoms with Crippen LogP contribution >= 0.6 is 35.6 Å². The number of carbonyl (C=O) groups is 1. The summed E-state index contributed by atoms with van der Waals surface area (Å²) in [4.78, 5) is 13.7. The monoisotopic (exact) mass is 363 g/mol. The molecule has 1 heterocycles. The third-order valence-corrected chi connectivity index (χ3v) is 4.94. The molecule has 2 rings (SSSR count). The van der Waals surface area contributed by atoms with Crippen LogP contribution in [0.4, 0.5) is 0 Å². The van der Waals surface area contributed by atoms with Gasteiger partial charge in [-0.25, -0.2) is 0 Å². The molecule has 21 heavy (non-hydrogen) atoms. The quantitative estimate of drug-likeness (QED) is 0.503. The lowest BCUT2D eigenvalue weighted by molar-refractivity contribution is -0.121. The van der Waals surface area contributed by atoms with Crippen LogP contribution in [0, 0.1) is 0 Å². The van der Waals surface area contributed by atoms with Crippen molar-refractivity contribution in [1.82, 2.24) is 4.90 Å². The number of rotatable bonds is 4. The van der Waals surface area contributed by atoms with Gasteiger partial charge in [-0.2, -0.15) is 8.42 Å². The fourth-order valence-corrected chi connectivity index (χ4v) is 3.46. The molecule has 0 radical (unpaired) electrons. The van der Waals surface area contributed by atoms with Crippen LogP contribution in [0.25, 0.3) is 6.08 Å². The standard InChI is InChI=1S/C12H10ClNO4S3/c13-9-3-1-8(2-4-9)7-10-11(15)14(12(19)20-10)5-6-21(16,17)18/h1-4,7H,5-6H2,(H,16,17,18)/b10-7-. The van der Waals surface area contributed by atoms with E-state index in [1.165, 1.54) is 0 Å². The van der Waals surface area contributed by atoms with Crippen LogP contribution in [-0.2, 0) is 14.9 Å². The van der Waals surface area contributed by atoms with Crippen molar-refractivity contribution in [2.75, 3.05) is 12.3 Å². The molecule has 0 saturated carbocycles. The molecule has 0 aromatic heterocycles. The van der Waals surface area contributed by atoms with E-state index in [0.29, 0.717) is 9.93 Å². The minimum absolute atomic E-state index is 0.165. The highest BCUT2D eigenvalue weighted by molar-refractivity contribution is 8.26. The maximum absolute atomic E-state index is 12.2. The van der Waals surface area contributed by atoms with E-state index < -0.39 is 15.9 Å². The van der Waals surface area contributed by atoms with Crippen molar-refractivity contribution < 1.29 is 17.8 Å². The van der Waals surface area contributed by atoms with Crippen molar-refractivity contribution in [3.63, 3.8) is 0 Å². The molecule has 0 aliphatic carbocycles. The van der Waals surface area contributed by atoms with Crippen molar-refractivity contribution in [2.45, 2.75) is 0 Å². The largest absolute Gasteiger partial charge is 0.292 e. The van der Waals surface area contributed by atoms with Crippen molar-refractivity contribution in [3.8, 4) is 0 Å². The van der Waals surface area contributed by atoms with Gasteiger partial charge in [-0.3, -0.25) is 14.2 Å². The van der Waals surface area contributed by atoms with Gasteiger partial charge in [-0.1, -0.05) is 47.7 Å². The second-order valence-electron chi connectivity index (χ2n) is 4.17. The number of benzene rings is 1. The van der Waals surface area contributed by atoms with Crippen LogP contribution in [0.5, 0.6) is 0 Å². The highest BCUT2D eigenvalue weighted by atomic mass is 35.5. The van der Waals surface area contributed by atoms with Gasteiger partial charge in [0.05, 0.1) is 10.7 Å². The summed E-state index contributed by atoms with van der Waals surface area (Å²) < 4.78 is 30.5. The van der Waals surface area contributed by atoms with Crippen LogP contribution in [0.15, 0.2) is 29.2 Å². The van der Waals surface area contributed by atoms with Gasteiger partial charge in [-0.05, 0) is 23.8 Å². The Kier molecular flexibility index (Phi) is 5.05. The minimum Gasteiger partial charge on any atom is -0.292 e. The number of halogens is 1.